The average Bonchev–Trinajstić information content (AvgIpc) is 3.32. The number of aromatic nitrogens is 4. The van der Waals surface area contributed by atoms with Gasteiger partial charge in [-0.05, 0) is 31.0 Å². The third kappa shape index (κ3) is 3.84. The molecule has 178 valence electrons. The molecule has 0 saturated carbocycles. The van der Waals surface area contributed by atoms with Crippen LogP contribution in [0.3, 0.4) is 0 Å². The highest BCUT2D eigenvalue weighted by atomic mass is 15.1. The topological polar surface area (TPSA) is 43.6 Å². The van der Waals surface area contributed by atoms with Gasteiger partial charge in [-0.2, -0.15) is 0 Å². The Labute approximate surface area is 222 Å². The lowest BCUT2D eigenvalue weighted by Crippen LogP contribution is -2.09. The van der Waals surface area contributed by atoms with E-state index in [0.29, 0.717) is 22.9 Å². The largest absolute Gasteiger partial charge is 0.309 e. The fraction of sp³-hybridized carbons (Fsp3) is 0.0606. The number of allylic oxidation sites excluding steroid dienone is 4. The zero-order chi connectivity index (χ0) is 25.5. The molecular formula is C33H23BN4. The van der Waals surface area contributed by atoms with Gasteiger partial charge in [-0.15, -0.1) is 0 Å². The first-order valence-corrected chi connectivity index (χ1v) is 12.8. The van der Waals surface area contributed by atoms with E-state index < -0.39 is 0 Å². The Morgan fingerprint density at radius 2 is 1.29 bits per heavy atom. The average molecular weight is 486 g/mol. The van der Waals surface area contributed by atoms with Crippen molar-refractivity contribution in [1.29, 1.82) is 0 Å². The molecule has 0 fully saturated rings. The van der Waals surface area contributed by atoms with Gasteiger partial charge in [0, 0.05) is 27.5 Å². The maximum absolute atomic E-state index is 6.37. The van der Waals surface area contributed by atoms with Crippen LogP contribution >= 0.6 is 0 Å². The van der Waals surface area contributed by atoms with Gasteiger partial charge in [-0.3, -0.25) is 0 Å². The summed E-state index contributed by atoms with van der Waals surface area (Å²) in [6.07, 6.45) is 8.47. The first-order valence-electron chi connectivity index (χ1n) is 12.8. The van der Waals surface area contributed by atoms with E-state index in [1.165, 1.54) is 10.8 Å². The molecule has 0 atom stereocenters. The fourth-order valence-electron chi connectivity index (χ4n) is 5.23. The molecule has 0 unspecified atom stereocenters. The molecule has 2 aromatic heterocycles. The normalized spacial score (nSPS) is 13.2. The smallest absolute Gasteiger partial charge is 0.166 e. The molecule has 0 amide bonds. The van der Waals surface area contributed by atoms with Crippen molar-refractivity contribution in [1.82, 2.24) is 19.5 Å². The van der Waals surface area contributed by atoms with Crippen LogP contribution in [0, 0.1) is 0 Å². The Balaban J connectivity index is 1.52. The van der Waals surface area contributed by atoms with Gasteiger partial charge < -0.3 is 4.57 Å². The molecule has 7 rings (SSSR count). The van der Waals surface area contributed by atoms with Crippen molar-refractivity contribution in [3.05, 3.63) is 121 Å². The van der Waals surface area contributed by atoms with E-state index in [-0.39, 0.29) is 0 Å². The second-order valence-corrected chi connectivity index (χ2v) is 9.46. The van der Waals surface area contributed by atoms with E-state index in [1.54, 1.807) is 0 Å². The van der Waals surface area contributed by atoms with Gasteiger partial charge in [0.2, 0.25) is 0 Å². The van der Waals surface area contributed by atoms with Gasteiger partial charge in [0.25, 0.3) is 0 Å². The van der Waals surface area contributed by atoms with Crippen molar-refractivity contribution < 1.29 is 0 Å². The summed E-state index contributed by atoms with van der Waals surface area (Å²) in [4.78, 5) is 14.9. The van der Waals surface area contributed by atoms with Crippen LogP contribution < -0.4 is 5.46 Å². The summed E-state index contributed by atoms with van der Waals surface area (Å²) in [5.41, 5.74) is 6.69. The molecule has 1 aliphatic carbocycles. The van der Waals surface area contributed by atoms with Crippen LogP contribution in [0.15, 0.2) is 115 Å². The van der Waals surface area contributed by atoms with E-state index in [2.05, 4.69) is 77.4 Å². The minimum atomic E-state index is 0.595. The number of nitrogens with zero attached hydrogens (tertiary/aromatic N) is 4. The van der Waals surface area contributed by atoms with Crippen LogP contribution in [0.4, 0.5) is 0 Å². The highest BCUT2D eigenvalue weighted by molar-refractivity contribution is 6.32. The number of rotatable bonds is 4. The summed E-state index contributed by atoms with van der Waals surface area (Å²) < 4.78 is 2.28. The first-order chi connectivity index (χ1) is 18.8. The summed E-state index contributed by atoms with van der Waals surface area (Å²) in [7, 11) is 6.37. The van der Waals surface area contributed by atoms with Crippen LogP contribution in [0.5, 0.6) is 0 Å². The number of hydrogen-bond acceptors (Lipinski definition) is 3. The zero-order valence-corrected chi connectivity index (χ0v) is 20.8. The lowest BCUT2D eigenvalue weighted by molar-refractivity contribution is 1.00. The van der Waals surface area contributed by atoms with Crippen molar-refractivity contribution in [2.45, 2.75) is 12.8 Å². The monoisotopic (exact) mass is 486 g/mol. The SMILES string of the molecule is [B]c1ccc(-n2c3ccccc3c3ccccc32)c(-c2nc(C3=CCCC=C3)nc(-c3ccccc3)n2)c1. The molecular weight excluding hydrogens is 463 g/mol. The van der Waals surface area contributed by atoms with E-state index in [4.69, 9.17) is 22.8 Å². The Morgan fingerprint density at radius 1 is 0.632 bits per heavy atom. The van der Waals surface area contributed by atoms with Crippen molar-refractivity contribution in [3.63, 3.8) is 0 Å². The molecule has 4 aromatic carbocycles. The Kier molecular flexibility index (Phi) is 5.47. The van der Waals surface area contributed by atoms with E-state index in [9.17, 15) is 0 Å². The lowest BCUT2D eigenvalue weighted by Gasteiger charge is -2.16. The molecule has 0 N–H and O–H groups in total. The second-order valence-electron chi connectivity index (χ2n) is 9.46. The van der Waals surface area contributed by atoms with Crippen molar-refractivity contribution in [3.8, 4) is 28.5 Å². The minimum Gasteiger partial charge on any atom is -0.309 e. The van der Waals surface area contributed by atoms with Gasteiger partial charge in [-0.1, -0.05) is 103 Å². The zero-order valence-electron chi connectivity index (χ0n) is 20.8. The Morgan fingerprint density at radius 3 is 2.00 bits per heavy atom. The molecule has 6 aromatic rings. The molecule has 5 heteroatoms. The summed E-state index contributed by atoms with van der Waals surface area (Å²) in [5, 5.41) is 2.40. The van der Waals surface area contributed by atoms with Gasteiger partial charge in [-0.25, -0.2) is 15.0 Å². The first kappa shape index (κ1) is 22.4. The molecule has 0 aliphatic heterocycles. The van der Waals surface area contributed by atoms with Crippen LogP contribution in [0.1, 0.15) is 18.7 Å². The van der Waals surface area contributed by atoms with Gasteiger partial charge in [0.05, 0.1) is 16.7 Å². The summed E-state index contributed by atoms with van der Waals surface area (Å²) in [5.74, 6) is 1.90. The van der Waals surface area contributed by atoms with Crippen LogP contribution in [-0.2, 0) is 0 Å². The maximum atomic E-state index is 6.37. The molecule has 0 bridgehead atoms. The quantitative estimate of drug-likeness (QED) is 0.257. The molecule has 2 radical (unpaired) electrons. The number of hydrogen-bond donors (Lipinski definition) is 0. The Bertz CT molecular complexity index is 1830. The van der Waals surface area contributed by atoms with E-state index >= 15 is 0 Å². The predicted molar refractivity (Wildman–Crippen MR) is 157 cm³/mol. The molecule has 4 nitrogen and oxygen atoms in total. The molecule has 38 heavy (non-hydrogen) atoms. The minimum absolute atomic E-state index is 0.595. The van der Waals surface area contributed by atoms with Gasteiger partial charge >= 0.3 is 0 Å². The van der Waals surface area contributed by atoms with Gasteiger partial charge in [0.1, 0.15) is 7.85 Å². The van der Waals surface area contributed by atoms with E-state index in [1.807, 2.05) is 42.5 Å². The Hall–Kier alpha value is -4.77. The number of para-hydroxylation sites is 2. The van der Waals surface area contributed by atoms with Gasteiger partial charge in [0.15, 0.2) is 17.5 Å². The van der Waals surface area contributed by atoms with Crippen molar-refractivity contribution in [2.75, 3.05) is 0 Å². The summed E-state index contributed by atoms with van der Waals surface area (Å²) >= 11 is 0. The van der Waals surface area contributed by atoms with E-state index in [0.717, 1.165) is 46.3 Å². The highest BCUT2D eigenvalue weighted by Gasteiger charge is 2.19. The summed E-state index contributed by atoms with van der Waals surface area (Å²) in [6, 6.07) is 33.0. The lowest BCUT2D eigenvalue weighted by atomic mass is 9.93. The third-order valence-electron chi connectivity index (χ3n) is 7.00. The van der Waals surface area contributed by atoms with Crippen molar-refractivity contribution >= 4 is 40.7 Å². The second kappa shape index (κ2) is 9.27. The predicted octanol–water partition coefficient (Wildman–Crippen LogP) is 6.83. The summed E-state index contributed by atoms with van der Waals surface area (Å²) in [6.45, 7) is 0. The molecule has 0 saturated heterocycles. The fourth-order valence-corrected chi connectivity index (χ4v) is 5.23. The van der Waals surface area contributed by atoms with Crippen LogP contribution in [-0.4, -0.2) is 27.4 Å². The molecule has 2 heterocycles. The van der Waals surface area contributed by atoms with Crippen LogP contribution in [0.2, 0.25) is 0 Å². The maximum Gasteiger partial charge on any atom is 0.166 e. The standard InChI is InChI=1S/C33H23BN4/c34-24-19-20-30(38-28-17-9-7-15-25(28)26-16-8-10-18-29(26)38)27(21-24)33-36-31(22-11-3-1-4-12-22)35-32(37-33)23-13-5-2-6-14-23/h1,3-5,7-21H,2,6H2. The number of fused-ring (bicyclic) bond motifs is 3. The van der Waals surface area contributed by atoms with Crippen molar-refractivity contribution in [2.24, 2.45) is 0 Å². The highest BCUT2D eigenvalue weighted by Crippen LogP contribution is 2.35. The third-order valence-corrected chi connectivity index (χ3v) is 7.00. The van der Waals surface area contributed by atoms with Crippen LogP contribution in [0.25, 0.3) is 55.8 Å². The molecule has 1 aliphatic rings. The number of benzene rings is 4. The molecule has 0 spiro atoms.